The molecule has 114 valence electrons. The van der Waals surface area contributed by atoms with E-state index in [1.54, 1.807) is 26.0 Å². The van der Waals surface area contributed by atoms with E-state index in [0.717, 1.165) is 11.3 Å². The predicted octanol–water partition coefficient (Wildman–Crippen LogP) is 1.92. The van der Waals surface area contributed by atoms with Crippen molar-refractivity contribution in [3.05, 3.63) is 59.5 Å². The highest BCUT2D eigenvalue weighted by Gasteiger charge is 2.16. The fourth-order valence-electron chi connectivity index (χ4n) is 1.82. The molecule has 0 radical (unpaired) electrons. The van der Waals surface area contributed by atoms with E-state index < -0.39 is 11.8 Å². The van der Waals surface area contributed by atoms with Gasteiger partial charge in [-0.3, -0.25) is 9.59 Å². The zero-order valence-corrected chi connectivity index (χ0v) is 12.4. The second-order valence-corrected chi connectivity index (χ2v) is 4.75. The van der Waals surface area contributed by atoms with Crippen molar-refractivity contribution in [1.29, 1.82) is 0 Å². The minimum absolute atomic E-state index is 0.267. The molecule has 1 atom stereocenters. The summed E-state index contributed by atoms with van der Waals surface area (Å²) in [4.78, 5) is 23.4. The van der Waals surface area contributed by atoms with E-state index in [9.17, 15) is 9.59 Å². The third-order valence-corrected chi connectivity index (χ3v) is 2.97. The molecule has 0 fully saturated rings. The lowest BCUT2D eigenvalue weighted by atomic mass is 10.1. The number of aryl methyl sites for hydroxylation is 1. The molecule has 1 heterocycles. The summed E-state index contributed by atoms with van der Waals surface area (Å²) in [6, 6.07) is 12.6. The molecule has 0 aliphatic heterocycles. The number of hydrazone groups is 1. The van der Waals surface area contributed by atoms with Crippen LogP contribution in [0.5, 0.6) is 0 Å². The highest BCUT2D eigenvalue weighted by atomic mass is 16.3. The van der Waals surface area contributed by atoms with Crippen LogP contribution in [0.3, 0.4) is 0 Å². The van der Waals surface area contributed by atoms with E-state index in [4.69, 9.17) is 4.42 Å². The van der Waals surface area contributed by atoms with Crippen molar-refractivity contribution in [2.45, 2.75) is 19.9 Å². The maximum atomic E-state index is 11.8. The van der Waals surface area contributed by atoms with Gasteiger partial charge in [-0.25, -0.2) is 5.43 Å². The number of rotatable bonds is 4. The van der Waals surface area contributed by atoms with Gasteiger partial charge in [0.15, 0.2) is 0 Å². The summed E-state index contributed by atoms with van der Waals surface area (Å²) in [6.45, 7) is 3.60. The number of carbonyl (C=O) groups is 2. The number of carbonyl (C=O) groups excluding carboxylic acids is 2. The number of hydrogen-bond acceptors (Lipinski definition) is 4. The number of furan rings is 1. The molecular formula is C16H17N3O3. The highest BCUT2D eigenvalue weighted by molar-refractivity contribution is 6.35. The minimum atomic E-state index is -0.831. The zero-order chi connectivity index (χ0) is 15.9. The van der Waals surface area contributed by atoms with E-state index >= 15 is 0 Å². The first-order chi connectivity index (χ1) is 10.6. The Hall–Kier alpha value is -2.89. The summed E-state index contributed by atoms with van der Waals surface area (Å²) < 4.78 is 5.25. The lowest BCUT2D eigenvalue weighted by Gasteiger charge is -2.13. The zero-order valence-electron chi connectivity index (χ0n) is 12.4. The van der Waals surface area contributed by atoms with Gasteiger partial charge in [0.25, 0.3) is 0 Å². The van der Waals surface area contributed by atoms with Crippen LogP contribution in [0.15, 0.2) is 52.0 Å². The molecule has 0 saturated carbocycles. The van der Waals surface area contributed by atoms with Crippen molar-refractivity contribution in [2.24, 2.45) is 5.10 Å². The molecule has 1 aromatic carbocycles. The Morgan fingerprint density at radius 1 is 1.14 bits per heavy atom. The fourth-order valence-corrected chi connectivity index (χ4v) is 1.82. The van der Waals surface area contributed by atoms with Gasteiger partial charge in [-0.1, -0.05) is 30.3 Å². The van der Waals surface area contributed by atoms with E-state index in [2.05, 4.69) is 15.8 Å². The fraction of sp³-hybridized carbons (Fsp3) is 0.188. The first kappa shape index (κ1) is 15.5. The van der Waals surface area contributed by atoms with Crippen molar-refractivity contribution in [3.63, 3.8) is 0 Å². The van der Waals surface area contributed by atoms with Gasteiger partial charge in [-0.15, -0.1) is 0 Å². The summed E-state index contributed by atoms with van der Waals surface area (Å²) in [5.74, 6) is -0.343. The van der Waals surface area contributed by atoms with E-state index in [0.29, 0.717) is 5.76 Å². The van der Waals surface area contributed by atoms with Gasteiger partial charge in [0.2, 0.25) is 0 Å². The quantitative estimate of drug-likeness (QED) is 0.514. The summed E-state index contributed by atoms with van der Waals surface area (Å²) >= 11 is 0. The Bertz CT molecular complexity index is 677. The van der Waals surface area contributed by atoms with Gasteiger partial charge in [0, 0.05) is 0 Å². The summed E-state index contributed by atoms with van der Waals surface area (Å²) in [7, 11) is 0. The number of nitrogens with one attached hydrogen (secondary N) is 2. The van der Waals surface area contributed by atoms with Crippen molar-refractivity contribution < 1.29 is 14.0 Å². The lowest BCUT2D eigenvalue weighted by molar-refractivity contribution is -0.139. The van der Waals surface area contributed by atoms with Gasteiger partial charge < -0.3 is 9.73 Å². The molecule has 6 nitrogen and oxygen atoms in total. The Balaban J connectivity index is 1.84. The number of nitrogens with zero attached hydrogens (tertiary/aromatic N) is 1. The minimum Gasteiger partial charge on any atom is -0.460 e. The maximum Gasteiger partial charge on any atom is 0.329 e. The molecule has 2 amide bonds. The lowest BCUT2D eigenvalue weighted by Crippen LogP contribution is -2.39. The SMILES string of the molecule is Cc1ccc(C=NNC(=O)C(=O)NC(C)c2ccccc2)o1. The topological polar surface area (TPSA) is 83.7 Å². The molecule has 1 unspecified atom stereocenters. The number of hydrogen-bond donors (Lipinski definition) is 2. The van der Waals surface area contributed by atoms with Crippen molar-refractivity contribution in [1.82, 2.24) is 10.7 Å². The van der Waals surface area contributed by atoms with Crippen molar-refractivity contribution in [3.8, 4) is 0 Å². The Kier molecular flexibility index (Phi) is 5.08. The molecule has 0 aliphatic carbocycles. The molecule has 6 heteroatoms. The van der Waals surface area contributed by atoms with Crippen LogP contribution in [0.2, 0.25) is 0 Å². The second-order valence-electron chi connectivity index (χ2n) is 4.75. The number of benzene rings is 1. The summed E-state index contributed by atoms with van der Waals surface area (Å²) in [6.07, 6.45) is 1.33. The molecule has 22 heavy (non-hydrogen) atoms. The molecule has 1 aromatic heterocycles. The van der Waals surface area contributed by atoms with Gasteiger partial charge in [0.05, 0.1) is 12.3 Å². The molecule has 0 bridgehead atoms. The Morgan fingerprint density at radius 2 is 1.86 bits per heavy atom. The Morgan fingerprint density at radius 3 is 2.50 bits per heavy atom. The van der Waals surface area contributed by atoms with E-state index in [-0.39, 0.29) is 6.04 Å². The number of amides is 2. The van der Waals surface area contributed by atoms with Crippen molar-refractivity contribution in [2.75, 3.05) is 0 Å². The molecule has 2 rings (SSSR count). The smallest absolute Gasteiger partial charge is 0.329 e. The average Bonchev–Trinajstić information content (AvgIpc) is 2.93. The monoisotopic (exact) mass is 299 g/mol. The second kappa shape index (κ2) is 7.21. The third kappa shape index (κ3) is 4.31. The van der Waals surface area contributed by atoms with Crippen LogP contribution in [-0.2, 0) is 9.59 Å². The van der Waals surface area contributed by atoms with Crippen LogP contribution in [-0.4, -0.2) is 18.0 Å². The van der Waals surface area contributed by atoms with Crippen LogP contribution in [0.25, 0.3) is 0 Å². The summed E-state index contributed by atoms with van der Waals surface area (Å²) in [5, 5.41) is 6.28. The van der Waals surface area contributed by atoms with Crippen LogP contribution in [0.4, 0.5) is 0 Å². The van der Waals surface area contributed by atoms with Gasteiger partial charge >= 0.3 is 11.8 Å². The normalized spacial score (nSPS) is 12.1. The molecule has 2 N–H and O–H groups in total. The van der Waals surface area contributed by atoms with E-state index in [1.807, 2.05) is 30.3 Å². The molecule has 0 aliphatic rings. The molecular weight excluding hydrogens is 282 g/mol. The van der Waals surface area contributed by atoms with Gasteiger partial charge in [0.1, 0.15) is 11.5 Å². The van der Waals surface area contributed by atoms with Gasteiger partial charge in [-0.2, -0.15) is 5.10 Å². The van der Waals surface area contributed by atoms with Crippen LogP contribution in [0.1, 0.15) is 30.0 Å². The molecule has 0 saturated heterocycles. The highest BCUT2D eigenvalue weighted by Crippen LogP contribution is 2.10. The third-order valence-electron chi connectivity index (χ3n) is 2.97. The Labute approximate surface area is 128 Å². The largest absolute Gasteiger partial charge is 0.460 e. The van der Waals surface area contributed by atoms with Gasteiger partial charge in [-0.05, 0) is 31.5 Å². The van der Waals surface area contributed by atoms with Crippen LogP contribution < -0.4 is 10.7 Å². The first-order valence-corrected chi connectivity index (χ1v) is 6.81. The van der Waals surface area contributed by atoms with E-state index in [1.165, 1.54) is 6.21 Å². The van der Waals surface area contributed by atoms with Crippen molar-refractivity contribution >= 4 is 18.0 Å². The first-order valence-electron chi connectivity index (χ1n) is 6.81. The average molecular weight is 299 g/mol. The van der Waals surface area contributed by atoms with Crippen LogP contribution >= 0.6 is 0 Å². The summed E-state index contributed by atoms with van der Waals surface area (Å²) in [5.41, 5.74) is 3.07. The standard InChI is InChI=1S/C16H17N3O3/c1-11-8-9-14(22-11)10-17-19-16(21)15(20)18-12(2)13-6-4-3-5-7-13/h3-10,12H,1-2H3,(H,18,20)(H,19,21). The maximum absolute atomic E-state index is 11.8. The van der Waals surface area contributed by atoms with Crippen LogP contribution in [0, 0.1) is 6.92 Å². The predicted molar refractivity (Wildman–Crippen MR) is 82.2 cm³/mol. The molecule has 0 spiro atoms. The molecule has 2 aromatic rings.